The third-order valence-electron chi connectivity index (χ3n) is 4.09. The number of nitrogens with zero attached hydrogens (tertiary/aromatic N) is 2. The molecule has 2 aliphatic rings. The molecule has 4 heteroatoms. The molecule has 22 heavy (non-hydrogen) atoms. The maximum absolute atomic E-state index is 6.12. The topological polar surface area (TPSA) is 24.7 Å². The summed E-state index contributed by atoms with van der Waals surface area (Å²) in [6.45, 7) is 0. The fraction of sp³-hybridized carbons (Fsp3) is 0. The highest BCUT2D eigenvalue weighted by atomic mass is 35.5. The normalized spacial score (nSPS) is 12.8. The van der Waals surface area contributed by atoms with Gasteiger partial charge in [-0.1, -0.05) is 23.2 Å². The summed E-state index contributed by atoms with van der Waals surface area (Å²) in [4.78, 5) is 9.39. The molecule has 0 saturated carbocycles. The van der Waals surface area contributed by atoms with Crippen LogP contribution in [-0.4, -0.2) is 0 Å². The van der Waals surface area contributed by atoms with Gasteiger partial charge in [-0.25, -0.2) is 9.98 Å². The van der Waals surface area contributed by atoms with Gasteiger partial charge in [0.1, 0.15) is 0 Å². The minimum atomic E-state index is 0.717. The van der Waals surface area contributed by atoms with E-state index in [0.29, 0.717) is 10.0 Å². The van der Waals surface area contributed by atoms with E-state index in [1.165, 1.54) is 0 Å². The highest BCUT2D eigenvalue weighted by Crippen LogP contribution is 2.28. The SMILES string of the molecule is Clc1ccc2c(c1)=c1cc3c(cc1N=2)=c1cc(Cl)ccc1=N3. The van der Waals surface area contributed by atoms with E-state index in [1.807, 2.05) is 36.4 Å². The summed E-state index contributed by atoms with van der Waals surface area (Å²) in [5.74, 6) is 0. The van der Waals surface area contributed by atoms with E-state index in [-0.39, 0.29) is 0 Å². The Labute approximate surface area is 135 Å². The first-order valence-electron chi connectivity index (χ1n) is 6.90. The second-order valence-electron chi connectivity index (χ2n) is 5.43. The van der Waals surface area contributed by atoms with Crippen LogP contribution in [0.25, 0.3) is 0 Å². The first-order chi connectivity index (χ1) is 10.7. The third-order valence-corrected chi connectivity index (χ3v) is 4.56. The minimum Gasteiger partial charge on any atom is -0.248 e. The molecule has 0 aromatic heterocycles. The summed E-state index contributed by atoms with van der Waals surface area (Å²) in [7, 11) is 0. The van der Waals surface area contributed by atoms with Gasteiger partial charge in [0.25, 0.3) is 0 Å². The van der Waals surface area contributed by atoms with E-state index in [2.05, 4.69) is 12.1 Å². The standard InChI is InChI=1S/C18H8Cl2N2/c19-9-1-3-15-11(5-9)13-7-18-14(8-17(13)21-15)12-6-10(20)2-4-16(12)22-18/h1-8H. The van der Waals surface area contributed by atoms with Crippen molar-refractivity contribution in [2.45, 2.75) is 0 Å². The van der Waals surface area contributed by atoms with Gasteiger partial charge in [-0.15, -0.1) is 0 Å². The Bertz CT molecular complexity index is 1190. The number of halogens is 2. The largest absolute Gasteiger partial charge is 0.248 e. The molecule has 0 spiro atoms. The van der Waals surface area contributed by atoms with Crippen LogP contribution in [0.4, 0.5) is 11.4 Å². The van der Waals surface area contributed by atoms with E-state index in [1.54, 1.807) is 0 Å². The Balaban J connectivity index is 2.02. The highest BCUT2D eigenvalue weighted by Gasteiger charge is 2.10. The molecule has 0 unspecified atom stereocenters. The Hall–Kier alpha value is -2.16. The predicted molar refractivity (Wildman–Crippen MR) is 86.3 cm³/mol. The number of hydrogen-bond donors (Lipinski definition) is 0. The highest BCUT2D eigenvalue weighted by molar-refractivity contribution is 6.30. The van der Waals surface area contributed by atoms with Crippen LogP contribution < -0.4 is 10.7 Å². The van der Waals surface area contributed by atoms with Crippen LogP contribution in [0.15, 0.2) is 58.5 Å². The average molecular weight is 323 g/mol. The van der Waals surface area contributed by atoms with Crippen molar-refractivity contribution >= 4 is 34.6 Å². The van der Waals surface area contributed by atoms with E-state index >= 15 is 0 Å². The summed E-state index contributed by atoms with van der Waals surface area (Å²) in [5.41, 5.74) is 1.91. The van der Waals surface area contributed by atoms with Gasteiger partial charge in [0.05, 0.1) is 22.1 Å². The number of benzene rings is 3. The van der Waals surface area contributed by atoms with E-state index < -0.39 is 0 Å². The fourth-order valence-electron chi connectivity index (χ4n) is 3.10. The van der Waals surface area contributed by atoms with Gasteiger partial charge in [-0.05, 0) is 48.5 Å². The van der Waals surface area contributed by atoms with Gasteiger partial charge in [-0.3, -0.25) is 0 Å². The molecule has 0 bridgehead atoms. The molecule has 0 aliphatic carbocycles. The number of hydrogen-bond acceptors (Lipinski definition) is 2. The van der Waals surface area contributed by atoms with Crippen molar-refractivity contribution in [3.8, 4) is 0 Å². The number of fused-ring (bicyclic) bond motifs is 4. The predicted octanol–water partition coefficient (Wildman–Crippen LogP) is 4.10. The second-order valence-corrected chi connectivity index (χ2v) is 6.31. The minimum absolute atomic E-state index is 0.717. The molecular weight excluding hydrogens is 315 g/mol. The van der Waals surface area contributed by atoms with Gasteiger partial charge < -0.3 is 0 Å². The van der Waals surface area contributed by atoms with Crippen LogP contribution in [0.1, 0.15) is 0 Å². The van der Waals surface area contributed by atoms with Crippen LogP contribution in [0, 0.1) is 20.9 Å². The van der Waals surface area contributed by atoms with Gasteiger partial charge in [-0.2, -0.15) is 0 Å². The van der Waals surface area contributed by atoms with Crippen LogP contribution in [0.2, 0.25) is 10.0 Å². The van der Waals surface area contributed by atoms with Crippen molar-refractivity contribution in [2.75, 3.05) is 0 Å². The molecule has 5 rings (SSSR count). The maximum Gasteiger partial charge on any atom is 0.0724 e. The van der Waals surface area contributed by atoms with Gasteiger partial charge >= 0.3 is 0 Å². The molecule has 0 N–H and O–H groups in total. The zero-order chi connectivity index (χ0) is 14.8. The zero-order valence-corrected chi connectivity index (χ0v) is 12.8. The van der Waals surface area contributed by atoms with E-state index in [0.717, 1.165) is 43.0 Å². The van der Waals surface area contributed by atoms with Crippen LogP contribution in [0.5, 0.6) is 0 Å². The van der Waals surface area contributed by atoms with Crippen LogP contribution in [0.3, 0.4) is 0 Å². The van der Waals surface area contributed by atoms with Crippen molar-refractivity contribution in [2.24, 2.45) is 9.98 Å². The lowest BCUT2D eigenvalue weighted by Gasteiger charge is -1.94. The molecule has 2 heterocycles. The molecule has 2 aliphatic heterocycles. The zero-order valence-electron chi connectivity index (χ0n) is 11.3. The fourth-order valence-corrected chi connectivity index (χ4v) is 3.44. The molecule has 3 aromatic rings. The molecule has 0 fully saturated rings. The van der Waals surface area contributed by atoms with Crippen LogP contribution >= 0.6 is 23.2 Å². The Morgan fingerprint density at radius 2 is 1.00 bits per heavy atom. The van der Waals surface area contributed by atoms with Gasteiger partial charge in [0.2, 0.25) is 0 Å². The van der Waals surface area contributed by atoms with E-state index in [4.69, 9.17) is 33.2 Å². The van der Waals surface area contributed by atoms with Gasteiger partial charge in [0, 0.05) is 30.9 Å². The monoisotopic (exact) mass is 322 g/mol. The smallest absolute Gasteiger partial charge is 0.0724 e. The molecule has 0 amide bonds. The first-order valence-corrected chi connectivity index (χ1v) is 7.66. The number of rotatable bonds is 0. The maximum atomic E-state index is 6.12. The van der Waals surface area contributed by atoms with Crippen molar-refractivity contribution in [3.63, 3.8) is 0 Å². The molecule has 0 radical (unpaired) electrons. The lowest BCUT2D eigenvalue weighted by Crippen LogP contribution is -1.98. The molecule has 2 nitrogen and oxygen atoms in total. The second kappa shape index (κ2) is 4.19. The summed E-state index contributed by atoms with van der Waals surface area (Å²) >= 11 is 12.2. The van der Waals surface area contributed by atoms with Crippen molar-refractivity contribution < 1.29 is 0 Å². The van der Waals surface area contributed by atoms with Crippen molar-refractivity contribution in [3.05, 3.63) is 90.2 Å². The van der Waals surface area contributed by atoms with Gasteiger partial charge in [0.15, 0.2) is 0 Å². The average Bonchev–Trinajstić information content (AvgIpc) is 3.02. The summed E-state index contributed by atoms with van der Waals surface area (Å²) in [5, 5.41) is 7.63. The Morgan fingerprint density at radius 1 is 0.545 bits per heavy atom. The van der Waals surface area contributed by atoms with E-state index in [9.17, 15) is 0 Å². The van der Waals surface area contributed by atoms with Crippen LogP contribution in [-0.2, 0) is 0 Å². The molecule has 104 valence electrons. The molecular formula is C18H8Cl2N2. The first kappa shape index (κ1) is 12.4. The Morgan fingerprint density at radius 3 is 1.45 bits per heavy atom. The summed E-state index contributed by atoms with van der Waals surface area (Å²) in [6, 6.07) is 15.7. The third kappa shape index (κ3) is 1.62. The molecule has 0 atom stereocenters. The Kier molecular flexibility index (Phi) is 2.36. The van der Waals surface area contributed by atoms with Crippen molar-refractivity contribution in [1.29, 1.82) is 0 Å². The van der Waals surface area contributed by atoms with Crippen molar-refractivity contribution in [1.82, 2.24) is 0 Å². The summed E-state index contributed by atoms with van der Waals surface area (Å²) < 4.78 is 0. The lowest BCUT2D eigenvalue weighted by atomic mass is 10.1. The summed E-state index contributed by atoms with van der Waals surface area (Å²) in [6.07, 6.45) is 0. The molecule has 3 aromatic carbocycles. The quantitative estimate of drug-likeness (QED) is 0.410. The lowest BCUT2D eigenvalue weighted by molar-refractivity contribution is 1.37. The molecule has 0 saturated heterocycles.